The number of halogens is 1. The van der Waals surface area contributed by atoms with Crippen LogP contribution in [-0.2, 0) is 0 Å². The summed E-state index contributed by atoms with van der Waals surface area (Å²) < 4.78 is 0. The zero-order chi connectivity index (χ0) is 13.1. The van der Waals surface area contributed by atoms with Crippen LogP contribution in [0.25, 0.3) is 0 Å². The summed E-state index contributed by atoms with van der Waals surface area (Å²) in [5, 5.41) is 1.21. The van der Waals surface area contributed by atoms with Gasteiger partial charge in [-0.15, -0.1) is 0 Å². The molecule has 0 N–H and O–H groups in total. The lowest BCUT2D eigenvalue weighted by Crippen LogP contribution is -2.38. The van der Waals surface area contributed by atoms with Gasteiger partial charge in [0.05, 0.1) is 0 Å². The highest BCUT2D eigenvalue weighted by Gasteiger charge is 2.40. The molecule has 102 valence electrons. The molecule has 1 heteroatoms. The number of hydrogen-bond acceptors (Lipinski definition) is 0. The van der Waals surface area contributed by atoms with Gasteiger partial charge in [0.2, 0.25) is 0 Å². The molecule has 17 heavy (non-hydrogen) atoms. The van der Waals surface area contributed by atoms with E-state index in [-0.39, 0.29) is 0 Å². The Morgan fingerprint density at radius 2 is 1.76 bits per heavy atom. The average molecular weight is 303 g/mol. The second kappa shape index (κ2) is 6.08. The fraction of sp³-hybridized carbons (Fsp3) is 1.00. The standard InChI is InChI=1S/C16H31Br/c1-6-7-13(2)16(12-17)10-8-14(9-11-16)15(3,4)5/h13-14H,6-12H2,1-5H3. The summed E-state index contributed by atoms with van der Waals surface area (Å²) >= 11 is 3.81. The lowest BCUT2D eigenvalue weighted by Gasteiger charge is -2.46. The fourth-order valence-corrected chi connectivity index (χ4v) is 4.67. The highest BCUT2D eigenvalue weighted by atomic mass is 79.9. The third-order valence-corrected chi connectivity index (χ3v) is 6.36. The Morgan fingerprint density at radius 1 is 1.24 bits per heavy atom. The van der Waals surface area contributed by atoms with Crippen LogP contribution in [0, 0.1) is 22.7 Å². The summed E-state index contributed by atoms with van der Waals surface area (Å²) in [5.74, 6) is 1.82. The molecule has 1 aliphatic carbocycles. The molecule has 0 saturated heterocycles. The molecule has 0 aromatic heterocycles. The molecule has 0 bridgehead atoms. The molecular formula is C16H31Br. The number of alkyl halides is 1. The minimum absolute atomic E-state index is 0.506. The van der Waals surface area contributed by atoms with Gasteiger partial charge < -0.3 is 0 Å². The Morgan fingerprint density at radius 3 is 2.12 bits per heavy atom. The van der Waals surface area contributed by atoms with Gasteiger partial charge in [0.25, 0.3) is 0 Å². The summed E-state index contributed by atoms with van der Waals surface area (Å²) in [5.41, 5.74) is 1.10. The summed E-state index contributed by atoms with van der Waals surface area (Å²) in [4.78, 5) is 0. The van der Waals surface area contributed by atoms with E-state index in [0.29, 0.717) is 10.8 Å². The molecule has 0 heterocycles. The van der Waals surface area contributed by atoms with Crippen LogP contribution >= 0.6 is 15.9 Å². The third-order valence-electron chi connectivity index (χ3n) is 5.24. The van der Waals surface area contributed by atoms with E-state index in [1.165, 1.54) is 43.9 Å². The van der Waals surface area contributed by atoms with E-state index in [4.69, 9.17) is 0 Å². The van der Waals surface area contributed by atoms with E-state index in [9.17, 15) is 0 Å². The van der Waals surface area contributed by atoms with Crippen molar-refractivity contribution in [1.82, 2.24) is 0 Å². The Balaban J connectivity index is 2.63. The first-order chi connectivity index (χ1) is 7.85. The molecule has 1 saturated carbocycles. The highest BCUT2D eigenvalue weighted by Crippen LogP contribution is 2.50. The monoisotopic (exact) mass is 302 g/mol. The maximum Gasteiger partial charge on any atom is 0.00905 e. The Hall–Kier alpha value is 0.480. The predicted molar refractivity (Wildman–Crippen MR) is 81.7 cm³/mol. The maximum atomic E-state index is 3.81. The van der Waals surface area contributed by atoms with Crippen LogP contribution in [0.4, 0.5) is 0 Å². The van der Waals surface area contributed by atoms with E-state index < -0.39 is 0 Å². The molecule has 1 rings (SSSR count). The quantitative estimate of drug-likeness (QED) is 0.555. The van der Waals surface area contributed by atoms with Crippen molar-refractivity contribution in [3.8, 4) is 0 Å². The molecule has 1 fully saturated rings. The van der Waals surface area contributed by atoms with Gasteiger partial charge in [0.1, 0.15) is 0 Å². The smallest absolute Gasteiger partial charge is 0.00905 e. The zero-order valence-electron chi connectivity index (χ0n) is 12.5. The molecular weight excluding hydrogens is 272 g/mol. The first kappa shape index (κ1) is 15.5. The van der Waals surface area contributed by atoms with E-state index >= 15 is 0 Å². The van der Waals surface area contributed by atoms with Crippen molar-refractivity contribution in [2.45, 2.75) is 73.1 Å². The Bertz CT molecular complexity index is 218. The van der Waals surface area contributed by atoms with Crippen molar-refractivity contribution in [1.29, 1.82) is 0 Å². The summed E-state index contributed by atoms with van der Waals surface area (Å²) in [7, 11) is 0. The van der Waals surface area contributed by atoms with E-state index in [0.717, 1.165) is 11.8 Å². The van der Waals surface area contributed by atoms with Gasteiger partial charge in [-0.1, -0.05) is 63.4 Å². The lowest BCUT2D eigenvalue weighted by atomic mass is 9.60. The molecule has 0 radical (unpaired) electrons. The minimum atomic E-state index is 0.506. The van der Waals surface area contributed by atoms with Crippen LogP contribution in [0.5, 0.6) is 0 Å². The molecule has 0 spiro atoms. The Kier molecular flexibility index (Phi) is 5.56. The number of rotatable bonds is 4. The van der Waals surface area contributed by atoms with Gasteiger partial charge in [-0.25, -0.2) is 0 Å². The zero-order valence-corrected chi connectivity index (χ0v) is 14.1. The van der Waals surface area contributed by atoms with Gasteiger partial charge in [-0.05, 0) is 48.3 Å². The molecule has 0 nitrogen and oxygen atoms in total. The van der Waals surface area contributed by atoms with Crippen LogP contribution in [0.15, 0.2) is 0 Å². The molecule has 0 amide bonds. The van der Waals surface area contributed by atoms with Crippen LogP contribution in [0.3, 0.4) is 0 Å². The highest BCUT2D eigenvalue weighted by molar-refractivity contribution is 9.09. The SMILES string of the molecule is CCCC(C)C1(CBr)CCC(C(C)(C)C)CC1. The van der Waals surface area contributed by atoms with Crippen molar-refractivity contribution >= 4 is 15.9 Å². The largest absolute Gasteiger partial charge is 0.0922 e. The van der Waals surface area contributed by atoms with Crippen molar-refractivity contribution in [3.63, 3.8) is 0 Å². The molecule has 1 unspecified atom stereocenters. The average Bonchev–Trinajstić information content (AvgIpc) is 2.28. The molecule has 0 aliphatic heterocycles. The Labute approximate surface area is 117 Å². The first-order valence-corrected chi connectivity index (χ1v) is 8.54. The second-order valence-electron chi connectivity index (χ2n) is 7.33. The molecule has 1 atom stereocenters. The van der Waals surface area contributed by atoms with Gasteiger partial charge in [-0.2, -0.15) is 0 Å². The van der Waals surface area contributed by atoms with Gasteiger partial charge in [0.15, 0.2) is 0 Å². The lowest BCUT2D eigenvalue weighted by molar-refractivity contribution is 0.0613. The molecule has 0 aromatic rings. The normalized spacial score (nSPS) is 32.5. The molecule has 1 aliphatic rings. The van der Waals surface area contributed by atoms with E-state index in [1.54, 1.807) is 0 Å². The van der Waals surface area contributed by atoms with Crippen LogP contribution in [0.1, 0.15) is 73.1 Å². The summed E-state index contributed by atoms with van der Waals surface area (Å²) in [6, 6.07) is 0. The summed E-state index contributed by atoms with van der Waals surface area (Å²) in [6.45, 7) is 12.0. The second-order valence-corrected chi connectivity index (χ2v) is 7.89. The first-order valence-electron chi connectivity index (χ1n) is 7.41. The van der Waals surface area contributed by atoms with Gasteiger partial charge >= 0.3 is 0 Å². The van der Waals surface area contributed by atoms with Crippen LogP contribution in [0.2, 0.25) is 0 Å². The topological polar surface area (TPSA) is 0 Å². The van der Waals surface area contributed by atoms with E-state index in [1.807, 2.05) is 0 Å². The minimum Gasteiger partial charge on any atom is -0.0922 e. The van der Waals surface area contributed by atoms with Crippen LogP contribution in [-0.4, -0.2) is 5.33 Å². The van der Waals surface area contributed by atoms with Crippen molar-refractivity contribution in [3.05, 3.63) is 0 Å². The molecule has 0 aromatic carbocycles. The van der Waals surface area contributed by atoms with Crippen molar-refractivity contribution in [2.75, 3.05) is 5.33 Å². The number of hydrogen-bond donors (Lipinski definition) is 0. The fourth-order valence-electron chi connectivity index (χ4n) is 3.56. The summed E-state index contributed by atoms with van der Waals surface area (Å²) in [6.07, 6.45) is 8.46. The third kappa shape index (κ3) is 3.72. The van der Waals surface area contributed by atoms with Crippen molar-refractivity contribution < 1.29 is 0 Å². The maximum absolute atomic E-state index is 3.81. The predicted octanol–water partition coefficient (Wildman–Crippen LogP) is 6.04. The van der Waals surface area contributed by atoms with E-state index in [2.05, 4.69) is 50.5 Å². The van der Waals surface area contributed by atoms with Crippen molar-refractivity contribution in [2.24, 2.45) is 22.7 Å². The van der Waals surface area contributed by atoms with Gasteiger partial charge in [-0.3, -0.25) is 0 Å². The van der Waals surface area contributed by atoms with Crippen LogP contribution < -0.4 is 0 Å². The van der Waals surface area contributed by atoms with Gasteiger partial charge in [0, 0.05) is 5.33 Å².